The lowest BCUT2D eigenvalue weighted by Crippen LogP contribution is -2.27. The van der Waals surface area contributed by atoms with Crippen LogP contribution >= 0.6 is 0 Å². The third kappa shape index (κ3) is 6.29. The number of ether oxygens (including phenoxy) is 2. The summed E-state index contributed by atoms with van der Waals surface area (Å²) in [6.45, 7) is 8.30. The SMILES string of the molecule is CCOCC(C)OC(C)CNc1ccccc1. The fourth-order valence-corrected chi connectivity index (χ4v) is 1.59. The van der Waals surface area contributed by atoms with Crippen LogP contribution in [0.5, 0.6) is 0 Å². The van der Waals surface area contributed by atoms with Crippen molar-refractivity contribution in [1.82, 2.24) is 0 Å². The molecule has 0 amide bonds. The van der Waals surface area contributed by atoms with E-state index in [9.17, 15) is 0 Å². The first-order valence-electron chi connectivity index (χ1n) is 6.24. The van der Waals surface area contributed by atoms with E-state index in [1.54, 1.807) is 0 Å². The van der Waals surface area contributed by atoms with Crippen molar-refractivity contribution < 1.29 is 9.47 Å². The first-order valence-corrected chi connectivity index (χ1v) is 6.24. The molecule has 0 bridgehead atoms. The van der Waals surface area contributed by atoms with Gasteiger partial charge in [0.2, 0.25) is 0 Å². The van der Waals surface area contributed by atoms with Gasteiger partial charge in [-0.15, -0.1) is 0 Å². The van der Waals surface area contributed by atoms with E-state index in [1.165, 1.54) is 0 Å². The molecule has 0 aromatic heterocycles. The summed E-state index contributed by atoms with van der Waals surface area (Å²) in [6.07, 6.45) is 0.313. The average molecular weight is 237 g/mol. The van der Waals surface area contributed by atoms with E-state index in [1.807, 2.05) is 32.0 Å². The van der Waals surface area contributed by atoms with Crippen LogP contribution in [-0.2, 0) is 9.47 Å². The molecule has 17 heavy (non-hydrogen) atoms. The number of para-hydroxylation sites is 1. The zero-order valence-corrected chi connectivity index (χ0v) is 11.0. The maximum Gasteiger partial charge on any atom is 0.0784 e. The van der Waals surface area contributed by atoms with Crippen LogP contribution in [0.1, 0.15) is 20.8 Å². The van der Waals surface area contributed by atoms with Gasteiger partial charge in [0.1, 0.15) is 0 Å². The number of rotatable bonds is 8. The first-order chi connectivity index (χ1) is 8.22. The minimum Gasteiger partial charge on any atom is -0.382 e. The number of hydrogen-bond donors (Lipinski definition) is 1. The molecule has 0 spiro atoms. The quantitative estimate of drug-likeness (QED) is 0.754. The summed E-state index contributed by atoms with van der Waals surface area (Å²) in [5.74, 6) is 0. The van der Waals surface area contributed by atoms with E-state index in [0.29, 0.717) is 6.61 Å². The molecule has 0 heterocycles. The Kier molecular flexibility index (Phi) is 6.67. The molecular formula is C14H23NO2. The lowest BCUT2D eigenvalue weighted by Gasteiger charge is -2.19. The highest BCUT2D eigenvalue weighted by molar-refractivity contribution is 5.42. The van der Waals surface area contributed by atoms with E-state index < -0.39 is 0 Å². The first kappa shape index (κ1) is 14.0. The van der Waals surface area contributed by atoms with Crippen molar-refractivity contribution in [3.05, 3.63) is 30.3 Å². The highest BCUT2D eigenvalue weighted by atomic mass is 16.5. The summed E-state index contributed by atoms with van der Waals surface area (Å²) < 4.78 is 11.1. The Bertz CT molecular complexity index is 290. The van der Waals surface area contributed by atoms with Gasteiger partial charge in [-0.3, -0.25) is 0 Å². The highest BCUT2D eigenvalue weighted by Gasteiger charge is 2.08. The van der Waals surface area contributed by atoms with Gasteiger partial charge in [-0.2, -0.15) is 0 Å². The van der Waals surface area contributed by atoms with Crippen molar-refractivity contribution in [3.8, 4) is 0 Å². The molecule has 2 unspecified atom stereocenters. The maximum atomic E-state index is 5.79. The molecule has 3 nitrogen and oxygen atoms in total. The molecule has 0 saturated carbocycles. The van der Waals surface area contributed by atoms with Crippen molar-refractivity contribution in [2.75, 3.05) is 25.1 Å². The zero-order chi connectivity index (χ0) is 12.5. The van der Waals surface area contributed by atoms with Crippen LogP contribution in [0.25, 0.3) is 0 Å². The van der Waals surface area contributed by atoms with Gasteiger partial charge in [0.05, 0.1) is 18.8 Å². The molecule has 3 heteroatoms. The molecule has 2 atom stereocenters. The molecular weight excluding hydrogens is 214 g/mol. The Morgan fingerprint density at radius 3 is 2.47 bits per heavy atom. The Morgan fingerprint density at radius 1 is 1.12 bits per heavy atom. The summed E-state index contributed by atoms with van der Waals surface area (Å²) in [4.78, 5) is 0. The monoisotopic (exact) mass is 237 g/mol. The van der Waals surface area contributed by atoms with Crippen molar-refractivity contribution >= 4 is 5.69 Å². The van der Waals surface area contributed by atoms with E-state index in [-0.39, 0.29) is 12.2 Å². The van der Waals surface area contributed by atoms with Gasteiger partial charge >= 0.3 is 0 Å². The second kappa shape index (κ2) is 8.09. The summed E-state index contributed by atoms with van der Waals surface area (Å²) in [5, 5.41) is 3.34. The molecule has 0 aliphatic heterocycles. The molecule has 96 valence electrons. The second-order valence-electron chi connectivity index (χ2n) is 4.16. The van der Waals surface area contributed by atoms with Gasteiger partial charge in [0.25, 0.3) is 0 Å². The minimum absolute atomic E-state index is 0.141. The largest absolute Gasteiger partial charge is 0.382 e. The van der Waals surface area contributed by atoms with Gasteiger partial charge in [0.15, 0.2) is 0 Å². The molecule has 1 aromatic rings. The van der Waals surface area contributed by atoms with Crippen LogP contribution < -0.4 is 5.32 Å². The van der Waals surface area contributed by atoms with E-state index in [4.69, 9.17) is 9.47 Å². The Morgan fingerprint density at radius 2 is 1.82 bits per heavy atom. The van der Waals surface area contributed by atoms with Crippen LogP contribution in [0.2, 0.25) is 0 Å². The molecule has 1 rings (SSSR count). The van der Waals surface area contributed by atoms with Gasteiger partial charge in [-0.1, -0.05) is 18.2 Å². The smallest absolute Gasteiger partial charge is 0.0784 e. The number of anilines is 1. The summed E-state index contributed by atoms with van der Waals surface area (Å²) in [6, 6.07) is 10.2. The molecule has 0 aliphatic rings. The third-order valence-electron chi connectivity index (χ3n) is 2.39. The summed E-state index contributed by atoms with van der Waals surface area (Å²) in [5.41, 5.74) is 1.13. The van der Waals surface area contributed by atoms with Crippen molar-refractivity contribution in [1.29, 1.82) is 0 Å². The van der Waals surface area contributed by atoms with Crippen LogP contribution in [-0.4, -0.2) is 32.0 Å². The number of hydrogen-bond acceptors (Lipinski definition) is 3. The zero-order valence-electron chi connectivity index (χ0n) is 11.0. The van der Waals surface area contributed by atoms with Crippen molar-refractivity contribution in [2.24, 2.45) is 0 Å². The van der Waals surface area contributed by atoms with E-state index >= 15 is 0 Å². The summed E-state index contributed by atoms with van der Waals surface area (Å²) >= 11 is 0. The van der Waals surface area contributed by atoms with Gasteiger partial charge in [-0.05, 0) is 32.9 Å². The molecule has 0 radical (unpaired) electrons. The standard InChI is InChI=1S/C14H23NO2/c1-4-16-11-13(3)17-12(2)10-15-14-8-6-5-7-9-14/h5-9,12-13,15H,4,10-11H2,1-3H3. The normalized spacial score (nSPS) is 14.3. The Hall–Kier alpha value is -1.06. The van der Waals surface area contributed by atoms with Crippen molar-refractivity contribution in [2.45, 2.75) is 33.0 Å². The van der Waals surface area contributed by atoms with Crippen LogP contribution in [0.3, 0.4) is 0 Å². The van der Waals surface area contributed by atoms with Crippen LogP contribution in [0.4, 0.5) is 5.69 Å². The Labute approximate surface area is 104 Å². The predicted molar refractivity (Wildman–Crippen MR) is 71.4 cm³/mol. The highest BCUT2D eigenvalue weighted by Crippen LogP contribution is 2.06. The Balaban J connectivity index is 2.19. The number of benzene rings is 1. The summed E-state index contributed by atoms with van der Waals surface area (Å²) in [7, 11) is 0. The molecule has 0 fully saturated rings. The average Bonchev–Trinajstić information content (AvgIpc) is 2.35. The molecule has 0 saturated heterocycles. The lowest BCUT2D eigenvalue weighted by molar-refractivity contribution is -0.0343. The van der Waals surface area contributed by atoms with Gasteiger partial charge in [0, 0.05) is 18.8 Å². The van der Waals surface area contributed by atoms with Crippen molar-refractivity contribution in [3.63, 3.8) is 0 Å². The lowest BCUT2D eigenvalue weighted by atomic mass is 10.3. The van der Waals surface area contributed by atoms with Crippen LogP contribution in [0.15, 0.2) is 30.3 Å². The van der Waals surface area contributed by atoms with Crippen LogP contribution in [0, 0.1) is 0 Å². The number of nitrogens with one attached hydrogen (secondary N) is 1. The topological polar surface area (TPSA) is 30.5 Å². The maximum absolute atomic E-state index is 5.79. The molecule has 0 aliphatic carbocycles. The fraction of sp³-hybridized carbons (Fsp3) is 0.571. The van der Waals surface area contributed by atoms with Gasteiger partial charge < -0.3 is 14.8 Å². The predicted octanol–water partition coefficient (Wildman–Crippen LogP) is 2.93. The fourth-order valence-electron chi connectivity index (χ4n) is 1.59. The minimum atomic E-state index is 0.141. The third-order valence-corrected chi connectivity index (χ3v) is 2.39. The molecule has 1 aromatic carbocycles. The van der Waals surface area contributed by atoms with E-state index in [0.717, 1.165) is 18.8 Å². The van der Waals surface area contributed by atoms with Gasteiger partial charge in [-0.25, -0.2) is 0 Å². The van der Waals surface area contributed by atoms with E-state index in [2.05, 4.69) is 24.4 Å². The molecule has 1 N–H and O–H groups in total. The second-order valence-corrected chi connectivity index (χ2v) is 4.16.